The summed E-state index contributed by atoms with van der Waals surface area (Å²) in [6, 6.07) is 5.13. The summed E-state index contributed by atoms with van der Waals surface area (Å²) in [7, 11) is -1.62. The molecule has 1 saturated carbocycles. The van der Waals surface area contributed by atoms with E-state index >= 15 is 0 Å². The molecule has 2 saturated heterocycles. The van der Waals surface area contributed by atoms with Crippen LogP contribution in [-0.2, 0) is 10.0 Å². The number of aryl methyl sites for hydroxylation is 1. The van der Waals surface area contributed by atoms with Crippen molar-refractivity contribution >= 4 is 21.5 Å². The average molecular weight is 414 g/mol. The summed E-state index contributed by atoms with van der Waals surface area (Å²) in [6.45, 7) is 3.71. The minimum atomic E-state index is -3.66. The maximum atomic E-state index is 13.2. The summed E-state index contributed by atoms with van der Waals surface area (Å²) in [4.78, 5) is 10.7. The largest absolute Gasteiger partial charge is 0.381 e. The SMILES string of the molecule is Cc1ccc(S(=O)(=O)NC23CC(CN(C)C2)C3)cc1-c1cnc2c(N)ncnn12. The standard InChI is InChI=1S/C19H23N7O2S/c1-12-3-4-14(29(27,28)24-19-6-13(7-19)9-25(2)10-19)5-15(12)16-8-21-18-17(20)22-11-23-26(16)18/h3-5,8,11,13,24H,6-7,9-10H2,1-2H3,(H2,20,22,23). The summed E-state index contributed by atoms with van der Waals surface area (Å²) >= 11 is 0. The van der Waals surface area contributed by atoms with E-state index in [-0.39, 0.29) is 16.3 Å². The van der Waals surface area contributed by atoms with E-state index in [1.54, 1.807) is 22.8 Å². The lowest BCUT2D eigenvalue weighted by molar-refractivity contribution is 0.00611. The lowest BCUT2D eigenvalue weighted by atomic mass is 9.65. The van der Waals surface area contributed by atoms with E-state index in [9.17, 15) is 8.42 Å². The third kappa shape index (κ3) is 2.98. The number of likely N-dealkylation sites (N-methyl/N-ethyl adjacent to an activating group) is 1. The normalized spacial score (nSPS) is 24.6. The third-order valence-electron chi connectivity index (χ3n) is 5.98. The molecular formula is C19H23N7O2S. The number of benzene rings is 1. The van der Waals surface area contributed by atoms with Gasteiger partial charge in [-0.05, 0) is 50.4 Å². The summed E-state index contributed by atoms with van der Waals surface area (Å²) in [6.07, 6.45) is 4.80. The van der Waals surface area contributed by atoms with Crippen molar-refractivity contribution in [2.24, 2.45) is 5.92 Å². The van der Waals surface area contributed by atoms with Crippen LogP contribution in [0.2, 0.25) is 0 Å². The third-order valence-corrected chi connectivity index (χ3v) is 7.55. The number of nitrogens with zero attached hydrogens (tertiary/aromatic N) is 5. The van der Waals surface area contributed by atoms with Crippen molar-refractivity contribution in [2.75, 3.05) is 25.9 Å². The van der Waals surface area contributed by atoms with Crippen LogP contribution < -0.4 is 10.5 Å². The number of aromatic nitrogens is 4. The number of piperidine rings is 2. The summed E-state index contributed by atoms with van der Waals surface area (Å²) in [5.41, 5.74) is 8.29. The second-order valence-corrected chi connectivity index (χ2v) is 10.0. The molecule has 2 aliphatic heterocycles. The zero-order valence-corrected chi connectivity index (χ0v) is 17.1. The molecule has 2 aromatic heterocycles. The molecule has 2 bridgehead atoms. The van der Waals surface area contributed by atoms with Gasteiger partial charge in [-0.25, -0.2) is 27.6 Å². The van der Waals surface area contributed by atoms with Gasteiger partial charge in [0.2, 0.25) is 10.0 Å². The second kappa shape index (κ2) is 6.22. The highest BCUT2D eigenvalue weighted by atomic mass is 32.2. The Labute approximate surface area is 169 Å². The fourth-order valence-electron chi connectivity index (χ4n) is 4.85. The molecule has 4 heterocycles. The highest BCUT2D eigenvalue weighted by molar-refractivity contribution is 7.89. The van der Waals surface area contributed by atoms with Gasteiger partial charge in [0.05, 0.1) is 16.8 Å². The van der Waals surface area contributed by atoms with E-state index in [0.29, 0.717) is 17.3 Å². The number of hydrogen-bond donors (Lipinski definition) is 2. The molecule has 1 aliphatic carbocycles. The molecule has 3 aromatic rings. The second-order valence-electron chi connectivity index (χ2n) is 8.36. The quantitative estimate of drug-likeness (QED) is 0.656. The van der Waals surface area contributed by atoms with Crippen LogP contribution in [0.4, 0.5) is 5.82 Å². The van der Waals surface area contributed by atoms with Crippen molar-refractivity contribution in [2.45, 2.75) is 30.2 Å². The smallest absolute Gasteiger partial charge is 0.241 e. The molecule has 10 heteroatoms. The summed E-state index contributed by atoms with van der Waals surface area (Å²) in [5, 5.41) is 4.22. The minimum Gasteiger partial charge on any atom is -0.381 e. The highest BCUT2D eigenvalue weighted by Crippen LogP contribution is 2.43. The molecule has 9 nitrogen and oxygen atoms in total. The Morgan fingerprint density at radius 3 is 2.83 bits per heavy atom. The van der Waals surface area contributed by atoms with Gasteiger partial charge in [0.15, 0.2) is 11.5 Å². The molecule has 0 amide bonds. The van der Waals surface area contributed by atoms with Crippen molar-refractivity contribution in [3.8, 4) is 11.3 Å². The minimum absolute atomic E-state index is 0.237. The molecular weight excluding hydrogens is 390 g/mol. The molecule has 29 heavy (non-hydrogen) atoms. The van der Waals surface area contributed by atoms with Crippen LogP contribution >= 0.6 is 0 Å². The molecule has 0 spiro atoms. The lowest BCUT2D eigenvalue weighted by Gasteiger charge is -2.55. The van der Waals surface area contributed by atoms with Gasteiger partial charge < -0.3 is 10.6 Å². The Morgan fingerprint density at radius 2 is 2.07 bits per heavy atom. The van der Waals surface area contributed by atoms with Crippen LogP contribution in [0.5, 0.6) is 0 Å². The van der Waals surface area contributed by atoms with Gasteiger partial charge in [0.1, 0.15) is 6.33 Å². The number of nitrogens with one attached hydrogen (secondary N) is 1. The number of imidazole rings is 1. The number of rotatable bonds is 4. The first-order valence-corrected chi connectivity index (χ1v) is 11.0. The van der Waals surface area contributed by atoms with E-state index in [1.165, 1.54) is 6.33 Å². The number of anilines is 1. The van der Waals surface area contributed by atoms with Crippen LogP contribution in [0, 0.1) is 12.8 Å². The van der Waals surface area contributed by atoms with Gasteiger partial charge in [-0.15, -0.1) is 0 Å². The van der Waals surface area contributed by atoms with Crippen LogP contribution in [0.15, 0.2) is 35.6 Å². The number of nitrogens with two attached hydrogens (primary N) is 1. The monoisotopic (exact) mass is 413 g/mol. The predicted octanol–water partition coefficient (Wildman–Crippen LogP) is 1.05. The zero-order chi connectivity index (χ0) is 20.4. The van der Waals surface area contributed by atoms with Crippen molar-refractivity contribution < 1.29 is 8.42 Å². The average Bonchev–Trinajstić information content (AvgIpc) is 3.05. The predicted molar refractivity (Wildman–Crippen MR) is 109 cm³/mol. The molecule has 3 aliphatic rings. The number of sulfonamides is 1. The van der Waals surface area contributed by atoms with E-state index in [4.69, 9.17) is 5.73 Å². The fourth-order valence-corrected chi connectivity index (χ4v) is 6.29. The molecule has 1 aromatic carbocycles. The van der Waals surface area contributed by atoms with E-state index < -0.39 is 10.0 Å². The first-order valence-electron chi connectivity index (χ1n) is 9.54. The Bertz CT molecular complexity index is 1210. The van der Waals surface area contributed by atoms with Crippen LogP contribution in [0.3, 0.4) is 0 Å². The van der Waals surface area contributed by atoms with Crippen molar-refractivity contribution in [1.82, 2.24) is 29.2 Å². The van der Waals surface area contributed by atoms with Crippen molar-refractivity contribution in [1.29, 1.82) is 0 Å². The van der Waals surface area contributed by atoms with E-state index in [0.717, 1.165) is 37.1 Å². The maximum absolute atomic E-state index is 13.2. The van der Waals surface area contributed by atoms with Gasteiger partial charge in [0.25, 0.3) is 0 Å². The maximum Gasteiger partial charge on any atom is 0.241 e. The highest BCUT2D eigenvalue weighted by Gasteiger charge is 2.51. The fraction of sp³-hybridized carbons (Fsp3) is 0.421. The lowest BCUT2D eigenvalue weighted by Crippen LogP contribution is -2.68. The summed E-state index contributed by atoms with van der Waals surface area (Å²) < 4.78 is 30.9. The number of fused-ring (bicyclic) bond motifs is 3. The first-order chi connectivity index (χ1) is 13.8. The molecule has 0 unspecified atom stereocenters. The number of nitrogen functional groups attached to an aromatic ring is 1. The first kappa shape index (κ1) is 18.5. The summed E-state index contributed by atoms with van der Waals surface area (Å²) in [5.74, 6) is 0.850. The van der Waals surface area contributed by atoms with Crippen LogP contribution in [-0.4, -0.2) is 58.6 Å². The van der Waals surface area contributed by atoms with Gasteiger partial charge >= 0.3 is 0 Å². The van der Waals surface area contributed by atoms with E-state index in [1.807, 2.05) is 20.0 Å². The molecule has 0 radical (unpaired) electrons. The van der Waals surface area contributed by atoms with Gasteiger partial charge in [-0.1, -0.05) is 6.07 Å². The Kier molecular flexibility index (Phi) is 3.96. The van der Waals surface area contributed by atoms with Gasteiger partial charge in [0, 0.05) is 24.2 Å². The molecule has 3 N–H and O–H groups in total. The van der Waals surface area contributed by atoms with Crippen molar-refractivity contribution in [3.05, 3.63) is 36.3 Å². The van der Waals surface area contributed by atoms with E-state index in [2.05, 4.69) is 24.7 Å². The number of hydrogen-bond acceptors (Lipinski definition) is 7. The Balaban J connectivity index is 1.53. The Morgan fingerprint density at radius 1 is 1.28 bits per heavy atom. The van der Waals surface area contributed by atoms with Crippen LogP contribution in [0.25, 0.3) is 16.9 Å². The molecule has 0 atom stereocenters. The zero-order valence-electron chi connectivity index (χ0n) is 16.3. The van der Waals surface area contributed by atoms with Crippen molar-refractivity contribution in [3.63, 3.8) is 0 Å². The topological polar surface area (TPSA) is 119 Å². The van der Waals surface area contributed by atoms with Crippen LogP contribution in [0.1, 0.15) is 18.4 Å². The molecule has 3 fully saturated rings. The molecule has 152 valence electrons. The molecule has 6 rings (SSSR count). The van der Waals surface area contributed by atoms with Gasteiger partial charge in [-0.3, -0.25) is 0 Å². The van der Waals surface area contributed by atoms with Gasteiger partial charge in [-0.2, -0.15) is 5.10 Å². The Hall–Kier alpha value is -2.56.